The van der Waals surface area contributed by atoms with Crippen LogP contribution in [0.4, 0.5) is 5.69 Å². The van der Waals surface area contributed by atoms with E-state index >= 15 is 0 Å². The molecule has 4 rings (SSSR count). The van der Waals surface area contributed by atoms with Crippen molar-refractivity contribution in [3.8, 4) is 11.1 Å². The van der Waals surface area contributed by atoms with Gasteiger partial charge >= 0.3 is 7.12 Å². The second kappa shape index (κ2) is 4.90. The largest absolute Gasteiger partial charge is 0.496 e. The maximum atomic E-state index is 6.44. The molecule has 0 bridgehead atoms. The summed E-state index contributed by atoms with van der Waals surface area (Å²) in [6.07, 6.45) is 0. The summed E-state index contributed by atoms with van der Waals surface area (Å²) < 4.78 is 12.5. The van der Waals surface area contributed by atoms with Crippen LogP contribution in [0.3, 0.4) is 0 Å². The molecule has 25 heavy (non-hydrogen) atoms. The van der Waals surface area contributed by atoms with Crippen molar-refractivity contribution in [1.29, 1.82) is 0 Å². The number of anilines is 1. The Kier molecular flexibility index (Phi) is 3.27. The first-order valence-electron chi connectivity index (χ1n) is 8.94. The summed E-state index contributed by atoms with van der Waals surface area (Å²) in [4.78, 5) is 0. The zero-order valence-electron chi connectivity index (χ0n) is 15.9. The number of rotatable bonds is 1. The normalized spacial score (nSPS) is 21.9. The molecule has 1 saturated heterocycles. The van der Waals surface area contributed by atoms with Crippen LogP contribution in [0.25, 0.3) is 11.1 Å². The SMILES string of the molecule is CC1(C)c2ccccc2-c2cc(N)c(B3OC(C)(C)C(C)(C)O3)cc21. The van der Waals surface area contributed by atoms with E-state index in [2.05, 4.69) is 77.9 Å². The van der Waals surface area contributed by atoms with Crippen molar-refractivity contribution in [1.82, 2.24) is 0 Å². The molecule has 1 aliphatic heterocycles. The Morgan fingerprint density at radius 2 is 1.40 bits per heavy atom. The van der Waals surface area contributed by atoms with Gasteiger partial charge in [-0.25, -0.2) is 0 Å². The highest BCUT2D eigenvalue weighted by molar-refractivity contribution is 6.64. The van der Waals surface area contributed by atoms with Gasteiger partial charge in [-0.15, -0.1) is 0 Å². The number of benzene rings is 2. The van der Waals surface area contributed by atoms with Crippen LogP contribution in [0.1, 0.15) is 52.7 Å². The van der Waals surface area contributed by atoms with Crippen LogP contribution in [-0.2, 0) is 14.7 Å². The Bertz CT molecular complexity index is 854. The van der Waals surface area contributed by atoms with E-state index in [-0.39, 0.29) is 16.6 Å². The number of nitrogen functional groups attached to an aromatic ring is 1. The molecule has 0 aromatic heterocycles. The molecule has 0 spiro atoms. The molecule has 2 N–H and O–H groups in total. The molecular formula is C21H26BNO2. The van der Waals surface area contributed by atoms with Crippen molar-refractivity contribution in [2.75, 3.05) is 5.73 Å². The fourth-order valence-corrected chi connectivity index (χ4v) is 3.96. The first-order valence-corrected chi connectivity index (χ1v) is 8.94. The molecule has 0 atom stereocenters. The van der Waals surface area contributed by atoms with Crippen molar-refractivity contribution in [3.63, 3.8) is 0 Å². The van der Waals surface area contributed by atoms with Crippen molar-refractivity contribution in [2.45, 2.75) is 58.2 Å². The molecule has 0 radical (unpaired) electrons. The van der Waals surface area contributed by atoms with Gasteiger partial charge in [0.25, 0.3) is 0 Å². The molecule has 2 aromatic carbocycles. The quantitative estimate of drug-likeness (QED) is 0.635. The Hall–Kier alpha value is -1.78. The van der Waals surface area contributed by atoms with Gasteiger partial charge in [0.05, 0.1) is 11.2 Å². The topological polar surface area (TPSA) is 44.5 Å². The van der Waals surface area contributed by atoms with E-state index in [1.165, 1.54) is 22.3 Å². The molecule has 0 amide bonds. The summed E-state index contributed by atoms with van der Waals surface area (Å²) in [5.74, 6) is 0. The van der Waals surface area contributed by atoms with Gasteiger partial charge < -0.3 is 15.0 Å². The van der Waals surface area contributed by atoms with E-state index < -0.39 is 7.12 Å². The average Bonchev–Trinajstić information content (AvgIpc) is 2.87. The molecule has 0 unspecified atom stereocenters. The van der Waals surface area contributed by atoms with Gasteiger partial charge in [-0.1, -0.05) is 44.2 Å². The smallest absolute Gasteiger partial charge is 0.399 e. The molecular weight excluding hydrogens is 309 g/mol. The molecule has 1 heterocycles. The van der Waals surface area contributed by atoms with Crippen LogP contribution in [0, 0.1) is 0 Å². The summed E-state index contributed by atoms with van der Waals surface area (Å²) in [5.41, 5.74) is 12.4. The van der Waals surface area contributed by atoms with Crippen LogP contribution in [0.5, 0.6) is 0 Å². The fraction of sp³-hybridized carbons (Fsp3) is 0.429. The standard InChI is InChI=1S/C21H26BNO2/c1-19(2)15-10-8-7-9-13(15)14-11-18(23)17(12-16(14)19)22-24-20(3,4)21(5,6)25-22/h7-12H,23H2,1-6H3. The van der Waals surface area contributed by atoms with Crippen LogP contribution >= 0.6 is 0 Å². The van der Waals surface area contributed by atoms with Gasteiger partial charge in [0.2, 0.25) is 0 Å². The van der Waals surface area contributed by atoms with E-state index in [0.717, 1.165) is 11.2 Å². The second-order valence-electron chi connectivity index (χ2n) is 8.79. The molecule has 1 aliphatic carbocycles. The summed E-state index contributed by atoms with van der Waals surface area (Å²) in [6, 6.07) is 12.8. The molecule has 3 nitrogen and oxygen atoms in total. The summed E-state index contributed by atoms with van der Waals surface area (Å²) in [6.45, 7) is 12.8. The van der Waals surface area contributed by atoms with Gasteiger partial charge in [-0.05, 0) is 56.0 Å². The third-order valence-corrected chi connectivity index (χ3v) is 6.29. The van der Waals surface area contributed by atoms with E-state index in [9.17, 15) is 0 Å². The molecule has 2 aromatic rings. The summed E-state index contributed by atoms with van der Waals surface area (Å²) >= 11 is 0. The maximum Gasteiger partial charge on any atom is 0.496 e. The number of nitrogens with two attached hydrogens (primary N) is 1. The lowest BCUT2D eigenvalue weighted by Crippen LogP contribution is -2.41. The zero-order valence-corrected chi connectivity index (χ0v) is 15.9. The Balaban J connectivity index is 1.84. The molecule has 4 heteroatoms. The minimum absolute atomic E-state index is 0.0575. The average molecular weight is 335 g/mol. The van der Waals surface area contributed by atoms with E-state index in [0.29, 0.717) is 0 Å². The summed E-state index contributed by atoms with van der Waals surface area (Å²) in [7, 11) is -0.435. The first-order chi connectivity index (χ1) is 11.5. The zero-order chi connectivity index (χ0) is 18.2. The second-order valence-corrected chi connectivity index (χ2v) is 8.79. The molecule has 130 valence electrons. The highest BCUT2D eigenvalue weighted by atomic mass is 16.7. The lowest BCUT2D eigenvalue weighted by Gasteiger charge is -2.32. The minimum atomic E-state index is -0.435. The Morgan fingerprint density at radius 3 is 2.04 bits per heavy atom. The Labute approximate surface area is 150 Å². The monoisotopic (exact) mass is 335 g/mol. The number of hydrogen-bond acceptors (Lipinski definition) is 3. The van der Waals surface area contributed by atoms with Crippen molar-refractivity contribution in [2.24, 2.45) is 0 Å². The van der Waals surface area contributed by atoms with Gasteiger partial charge in [-0.3, -0.25) is 0 Å². The Morgan fingerprint density at radius 1 is 0.800 bits per heavy atom. The predicted molar refractivity (Wildman–Crippen MR) is 104 cm³/mol. The third-order valence-electron chi connectivity index (χ3n) is 6.29. The fourth-order valence-electron chi connectivity index (χ4n) is 3.96. The highest BCUT2D eigenvalue weighted by Crippen LogP contribution is 2.49. The lowest BCUT2D eigenvalue weighted by molar-refractivity contribution is 0.00578. The van der Waals surface area contributed by atoms with E-state index in [4.69, 9.17) is 15.0 Å². The lowest BCUT2D eigenvalue weighted by atomic mass is 9.73. The van der Waals surface area contributed by atoms with Gasteiger partial charge in [0.1, 0.15) is 0 Å². The highest BCUT2D eigenvalue weighted by Gasteiger charge is 2.52. The van der Waals surface area contributed by atoms with Crippen LogP contribution in [0.2, 0.25) is 0 Å². The van der Waals surface area contributed by atoms with Gasteiger partial charge in [-0.2, -0.15) is 0 Å². The number of fused-ring (bicyclic) bond motifs is 3. The van der Waals surface area contributed by atoms with Crippen LogP contribution < -0.4 is 11.2 Å². The van der Waals surface area contributed by atoms with E-state index in [1.807, 2.05) is 0 Å². The van der Waals surface area contributed by atoms with Gasteiger partial charge in [0.15, 0.2) is 0 Å². The molecule has 2 aliphatic rings. The van der Waals surface area contributed by atoms with Crippen LogP contribution in [0.15, 0.2) is 36.4 Å². The van der Waals surface area contributed by atoms with Crippen molar-refractivity contribution in [3.05, 3.63) is 47.5 Å². The predicted octanol–water partition coefficient (Wildman–Crippen LogP) is 3.87. The van der Waals surface area contributed by atoms with E-state index in [1.54, 1.807) is 0 Å². The van der Waals surface area contributed by atoms with Crippen molar-refractivity contribution < 1.29 is 9.31 Å². The minimum Gasteiger partial charge on any atom is -0.399 e. The molecule has 0 saturated carbocycles. The number of hydrogen-bond donors (Lipinski definition) is 1. The van der Waals surface area contributed by atoms with Crippen molar-refractivity contribution >= 4 is 18.3 Å². The summed E-state index contributed by atoms with van der Waals surface area (Å²) in [5, 5.41) is 0. The van der Waals surface area contributed by atoms with Crippen LogP contribution in [-0.4, -0.2) is 18.3 Å². The first kappa shape index (κ1) is 16.7. The molecule has 1 fully saturated rings. The maximum absolute atomic E-state index is 6.44. The van der Waals surface area contributed by atoms with Gasteiger partial charge in [0, 0.05) is 16.6 Å². The third kappa shape index (κ3) is 2.20.